The highest BCUT2D eigenvalue weighted by atomic mass is 16.5. The Kier molecular flexibility index (Phi) is 5.49. The Morgan fingerprint density at radius 2 is 1.86 bits per heavy atom. The van der Waals surface area contributed by atoms with Gasteiger partial charge in [-0.05, 0) is 36.5 Å². The van der Waals surface area contributed by atoms with Crippen LogP contribution in [0.3, 0.4) is 0 Å². The first-order valence-electron chi connectivity index (χ1n) is 8.12. The third-order valence-electron chi connectivity index (χ3n) is 4.33. The maximum absolute atomic E-state index is 5.51. The van der Waals surface area contributed by atoms with E-state index in [2.05, 4.69) is 34.5 Å². The maximum atomic E-state index is 5.51. The minimum Gasteiger partial charge on any atom is -0.381 e. The molecule has 2 aliphatic rings. The van der Waals surface area contributed by atoms with Crippen molar-refractivity contribution in [1.82, 2.24) is 5.32 Å². The summed E-state index contributed by atoms with van der Waals surface area (Å²) < 4.78 is 10.9. The molecule has 0 bridgehead atoms. The van der Waals surface area contributed by atoms with Gasteiger partial charge in [-0.15, -0.1) is 0 Å². The monoisotopic (exact) mass is 290 g/mol. The second-order valence-electron chi connectivity index (χ2n) is 5.98. The van der Waals surface area contributed by atoms with Gasteiger partial charge < -0.3 is 19.7 Å². The molecule has 0 aliphatic carbocycles. The van der Waals surface area contributed by atoms with Gasteiger partial charge in [0.2, 0.25) is 0 Å². The molecule has 0 amide bonds. The SMILES string of the molecule is c1cc(N2CCOCC2)ccc1CNCC1CCCOC1. The van der Waals surface area contributed by atoms with E-state index in [0.717, 1.165) is 52.6 Å². The molecule has 4 heteroatoms. The normalized spacial score (nSPS) is 23.2. The Balaban J connectivity index is 1.43. The topological polar surface area (TPSA) is 33.7 Å². The first-order chi connectivity index (χ1) is 10.4. The fourth-order valence-corrected chi connectivity index (χ4v) is 3.04. The Morgan fingerprint density at radius 3 is 2.57 bits per heavy atom. The molecule has 4 nitrogen and oxygen atoms in total. The fourth-order valence-electron chi connectivity index (χ4n) is 3.04. The molecular formula is C17H26N2O2. The number of ether oxygens (including phenoxy) is 2. The third-order valence-corrected chi connectivity index (χ3v) is 4.33. The van der Waals surface area contributed by atoms with Gasteiger partial charge >= 0.3 is 0 Å². The molecule has 2 heterocycles. The Morgan fingerprint density at radius 1 is 1.05 bits per heavy atom. The average molecular weight is 290 g/mol. The van der Waals surface area contributed by atoms with Gasteiger partial charge in [0.15, 0.2) is 0 Å². The highest BCUT2D eigenvalue weighted by molar-refractivity contribution is 5.47. The lowest BCUT2D eigenvalue weighted by Crippen LogP contribution is -2.36. The fraction of sp³-hybridized carbons (Fsp3) is 0.647. The smallest absolute Gasteiger partial charge is 0.0642 e. The van der Waals surface area contributed by atoms with Crippen molar-refractivity contribution in [2.45, 2.75) is 19.4 Å². The molecule has 0 spiro atoms. The van der Waals surface area contributed by atoms with Gasteiger partial charge in [-0.2, -0.15) is 0 Å². The molecule has 21 heavy (non-hydrogen) atoms. The molecule has 2 saturated heterocycles. The van der Waals surface area contributed by atoms with Crippen molar-refractivity contribution >= 4 is 5.69 Å². The minimum absolute atomic E-state index is 0.686. The largest absolute Gasteiger partial charge is 0.381 e. The quantitative estimate of drug-likeness (QED) is 0.900. The number of benzene rings is 1. The summed E-state index contributed by atoms with van der Waals surface area (Å²) in [6.07, 6.45) is 2.50. The molecule has 3 rings (SSSR count). The number of hydrogen-bond donors (Lipinski definition) is 1. The molecule has 116 valence electrons. The second-order valence-corrected chi connectivity index (χ2v) is 5.98. The van der Waals surface area contributed by atoms with Gasteiger partial charge in [-0.1, -0.05) is 12.1 Å². The summed E-state index contributed by atoms with van der Waals surface area (Å²) in [5.41, 5.74) is 2.66. The van der Waals surface area contributed by atoms with Crippen molar-refractivity contribution in [1.29, 1.82) is 0 Å². The lowest BCUT2D eigenvalue weighted by atomic mass is 10.0. The van der Waals surface area contributed by atoms with Crippen LogP contribution in [-0.2, 0) is 16.0 Å². The van der Waals surface area contributed by atoms with Crippen molar-refractivity contribution in [2.24, 2.45) is 5.92 Å². The summed E-state index contributed by atoms with van der Waals surface area (Å²) in [6, 6.07) is 8.92. The van der Waals surface area contributed by atoms with Crippen LogP contribution in [0.1, 0.15) is 18.4 Å². The summed E-state index contributed by atoms with van der Waals surface area (Å²) in [7, 11) is 0. The summed E-state index contributed by atoms with van der Waals surface area (Å²) in [5.74, 6) is 0.686. The number of anilines is 1. The molecule has 1 aromatic carbocycles. The molecule has 2 aliphatic heterocycles. The van der Waals surface area contributed by atoms with Gasteiger partial charge in [-0.25, -0.2) is 0 Å². The highest BCUT2D eigenvalue weighted by Crippen LogP contribution is 2.17. The molecule has 1 aromatic rings. The Labute approximate surface area is 127 Å². The van der Waals surface area contributed by atoms with Crippen molar-refractivity contribution < 1.29 is 9.47 Å². The number of morpholine rings is 1. The van der Waals surface area contributed by atoms with Crippen molar-refractivity contribution in [3.8, 4) is 0 Å². The standard InChI is InChI=1S/C17H26N2O2/c1-2-16(14-21-9-1)13-18-12-15-3-5-17(6-4-15)19-7-10-20-11-8-19/h3-6,16,18H,1-2,7-14H2. The molecule has 2 fully saturated rings. The Bertz CT molecular complexity index is 409. The third kappa shape index (κ3) is 4.43. The molecule has 0 saturated carbocycles. The van der Waals surface area contributed by atoms with Crippen LogP contribution >= 0.6 is 0 Å². The predicted molar refractivity (Wildman–Crippen MR) is 84.7 cm³/mol. The molecular weight excluding hydrogens is 264 g/mol. The zero-order valence-corrected chi connectivity index (χ0v) is 12.7. The van der Waals surface area contributed by atoms with Crippen LogP contribution in [0.15, 0.2) is 24.3 Å². The van der Waals surface area contributed by atoms with Crippen LogP contribution in [0.2, 0.25) is 0 Å². The van der Waals surface area contributed by atoms with Gasteiger partial charge in [-0.3, -0.25) is 0 Å². The van der Waals surface area contributed by atoms with E-state index >= 15 is 0 Å². The molecule has 0 aromatic heterocycles. The lowest BCUT2D eigenvalue weighted by Gasteiger charge is -2.29. The first-order valence-corrected chi connectivity index (χ1v) is 8.12. The van der Waals surface area contributed by atoms with E-state index in [1.54, 1.807) is 0 Å². The van der Waals surface area contributed by atoms with Crippen LogP contribution in [-0.4, -0.2) is 46.1 Å². The highest BCUT2D eigenvalue weighted by Gasteiger charge is 2.13. The van der Waals surface area contributed by atoms with E-state index in [9.17, 15) is 0 Å². The predicted octanol–water partition coefficient (Wildman–Crippen LogP) is 2.04. The number of hydrogen-bond acceptors (Lipinski definition) is 4. The molecule has 1 N–H and O–H groups in total. The summed E-state index contributed by atoms with van der Waals surface area (Å²) in [4.78, 5) is 2.39. The van der Waals surface area contributed by atoms with E-state index in [-0.39, 0.29) is 0 Å². The average Bonchev–Trinajstić information content (AvgIpc) is 2.57. The molecule has 1 atom stereocenters. The van der Waals surface area contributed by atoms with E-state index in [1.165, 1.54) is 24.1 Å². The summed E-state index contributed by atoms with van der Waals surface area (Å²) in [5, 5.41) is 3.56. The van der Waals surface area contributed by atoms with E-state index in [1.807, 2.05) is 0 Å². The maximum Gasteiger partial charge on any atom is 0.0642 e. The zero-order chi connectivity index (χ0) is 14.3. The van der Waals surface area contributed by atoms with E-state index < -0.39 is 0 Å². The van der Waals surface area contributed by atoms with Crippen molar-refractivity contribution in [3.05, 3.63) is 29.8 Å². The first kappa shape index (κ1) is 14.8. The molecule has 0 radical (unpaired) electrons. The Hall–Kier alpha value is -1.10. The van der Waals surface area contributed by atoms with Crippen LogP contribution < -0.4 is 10.2 Å². The van der Waals surface area contributed by atoms with Crippen LogP contribution in [0.4, 0.5) is 5.69 Å². The van der Waals surface area contributed by atoms with Crippen LogP contribution in [0.25, 0.3) is 0 Å². The summed E-state index contributed by atoms with van der Waals surface area (Å²) in [6.45, 7) is 7.55. The number of nitrogens with zero attached hydrogens (tertiary/aromatic N) is 1. The van der Waals surface area contributed by atoms with Crippen molar-refractivity contribution in [2.75, 3.05) is 51.0 Å². The van der Waals surface area contributed by atoms with E-state index in [0.29, 0.717) is 5.92 Å². The van der Waals surface area contributed by atoms with Crippen LogP contribution in [0.5, 0.6) is 0 Å². The van der Waals surface area contributed by atoms with Gasteiger partial charge in [0, 0.05) is 38.5 Å². The molecule has 1 unspecified atom stereocenters. The van der Waals surface area contributed by atoms with Gasteiger partial charge in [0.25, 0.3) is 0 Å². The van der Waals surface area contributed by atoms with E-state index in [4.69, 9.17) is 9.47 Å². The summed E-state index contributed by atoms with van der Waals surface area (Å²) >= 11 is 0. The van der Waals surface area contributed by atoms with Gasteiger partial charge in [0.05, 0.1) is 19.8 Å². The second kappa shape index (κ2) is 7.78. The van der Waals surface area contributed by atoms with Crippen LogP contribution in [0, 0.1) is 5.92 Å². The van der Waals surface area contributed by atoms with Crippen molar-refractivity contribution in [3.63, 3.8) is 0 Å². The minimum atomic E-state index is 0.686. The zero-order valence-electron chi connectivity index (χ0n) is 12.7. The number of rotatable bonds is 5. The van der Waals surface area contributed by atoms with Gasteiger partial charge in [0.1, 0.15) is 0 Å². The lowest BCUT2D eigenvalue weighted by molar-refractivity contribution is 0.0547. The number of nitrogens with one attached hydrogen (secondary N) is 1.